The molecule has 1 aromatic carbocycles. The van der Waals surface area contributed by atoms with Crippen LogP contribution >= 0.6 is 0 Å². The predicted octanol–water partition coefficient (Wildman–Crippen LogP) is 3.00. The molecule has 0 aliphatic heterocycles. The molecule has 5 heteroatoms. The maximum absolute atomic E-state index is 11.6. The van der Waals surface area contributed by atoms with Crippen molar-refractivity contribution in [1.29, 1.82) is 0 Å². The molecule has 24 heavy (non-hydrogen) atoms. The molecule has 2 heterocycles. The van der Waals surface area contributed by atoms with Gasteiger partial charge in [0, 0.05) is 19.2 Å². The maximum atomic E-state index is 11.6. The van der Waals surface area contributed by atoms with E-state index >= 15 is 0 Å². The van der Waals surface area contributed by atoms with E-state index in [2.05, 4.69) is 22.1 Å². The minimum atomic E-state index is -0.435. The van der Waals surface area contributed by atoms with Crippen LogP contribution in [-0.2, 0) is 11.3 Å². The van der Waals surface area contributed by atoms with Gasteiger partial charge in [0.25, 0.3) is 0 Å². The lowest BCUT2D eigenvalue weighted by molar-refractivity contribution is 0.140. The summed E-state index contributed by atoms with van der Waals surface area (Å²) in [5, 5.41) is 2.68. The van der Waals surface area contributed by atoms with E-state index in [-0.39, 0.29) is 6.61 Å². The van der Waals surface area contributed by atoms with Gasteiger partial charge in [0.15, 0.2) is 0 Å². The van der Waals surface area contributed by atoms with Crippen LogP contribution in [0.25, 0.3) is 5.65 Å². The summed E-state index contributed by atoms with van der Waals surface area (Å²) in [6, 6.07) is 15.4. The van der Waals surface area contributed by atoms with Gasteiger partial charge in [0.1, 0.15) is 17.9 Å². The fourth-order valence-corrected chi connectivity index (χ4v) is 2.18. The number of hydrogen-bond donors (Lipinski definition) is 1. The summed E-state index contributed by atoms with van der Waals surface area (Å²) in [5.41, 5.74) is 2.65. The molecule has 0 spiro atoms. The van der Waals surface area contributed by atoms with Crippen molar-refractivity contribution in [2.24, 2.45) is 0 Å². The molecule has 3 aromatic rings. The summed E-state index contributed by atoms with van der Waals surface area (Å²) >= 11 is 0. The van der Waals surface area contributed by atoms with E-state index in [1.165, 1.54) is 0 Å². The van der Waals surface area contributed by atoms with E-state index in [0.29, 0.717) is 13.0 Å². The molecular formula is C19H17N3O2. The van der Waals surface area contributed by atoms with Crippen LogP contribution in [0.5, 0.6) is 0 Å². The van der Waals surface area contributed by atoms with Gasteiger partial charge >= 0.3 is 6.09 Å². The highest BCUT2D eigenvalue weighted by atomic mass is 16.5. The number of carbonyl (C=O) groups excluding carboxylic acids is 1. The Bertz CT molecular complexity index is 876. The topological polar surface area (TPSA) is 55.6 Å². The van der Waals surface area contributed by atoms with Crippen molar-refractivity contribution >= 4 is 11.7 Å². The molecule has 120 valence electrons. The van der Waals surface area contributed by atoms with E-state index < -0.39 is 6.09 Å². The first-order valence-corrected chi connectivity index (χ1v) is 7.68. The number of amides is 1. The van der Waals surface area contributed by atoms with Crippen molar-refractivity contribution in [3.05, 3.63) is 72.2 Å². The first-order chi connectivity index (χ1) is 11.8. The number of pyridine rings is 1. The molecule has 5 nitrogen and oxygen atoms in total. The van der Waals surface area contributed by atoms with Crippen LogP contribution < -0.4 is 5.32 Å². The number of imidazole rings is 1. The van der Waals surface area contributed by atoms with Crippen LogP contribution in [0.3, 0.4) is 0 Å². The van der Waals surface area contributed by atoms with E-state index in [0.717, 1.165) is 16.9 Å². The molecular weight excluding hydrogens is 302 g/mol. The summed E-state index contributed by atoms with van der Waals surface area (Å²) in [6.45, 7) is 0.706. The zero-order valence-electron chi connectivity index (χ0n) is 13.1. The Morgan fingerprint density at radius 3 is 2.88 bits per heavy atom. The minimum absolute atomic E-state index is 0.264. The van der Waals surface area contributed by atoms with Gasteiger partial charge in [-0.25, -0.2) is 9.78 Å². The smallest absolute Gasteiger partial charge is 0.407 e. The average Bonchev–Trinajstić information content (AvgIpc) is 3.04. The highest BCUT2D eigenvalue weighted by Crippen LogP contribution is 2.04. The van der Waals surface area contributed by atoms with Gasteiger partial charge in [-0.05, 0) is 23.6 Å². The molecule has 0 atom stereocenters. The van der Waals surface area contributed by atoms with Crippen LogP contribution in [0.4, 0.5) is 4.79 Å². The number of nitrogens with one attached hydrogen (secondary N) is 1. The Hall–Kier alpha value is -3.26. The molecule has 0 radical (unpaired) electrons. The normalized spacial score (nSPS) is 10.0. The number of ether oxygens (including phenoxy) is 1. The van der Waals surface area contributed by atoms with E-state index in [4.69, 9.17) is 4.74 Å². The first-order valence-electron chi connectivity index (χ1n) is 7.68. The molecule has 1 N–H and O–H groups in total. The number of fused-ring (bicyclic) bond motifs is 1. The Morgan fingerprint density at radius 1 is 1.17 bits per heavy atom. The lowest BCUT2D eigenvalue weighted by Gasteiger charge is -2.05. The third-order valence-electron chi connectivity index (χ3n) is 3.37. The first kappa shape index (κ1) is 15.6. The number of rotatable bonds is 4. The summed E-state index contributed by atoms with van der Waals surface area (Å²) < 4.78 is 7.05. The molecule has 0 saturated carbocycles. The monoisotopic (exact) mass is 319 g/mol. The van der Waals surface area contributed by atoms with Gasteiger partial charge in [-0.3, -0.25) is 4.40 Å². The van der Waals surface area contributed by atoms with Crippen molar-refractivity contribution in [3.8, 4) is 11.8 Å². The van der Waals surface area contributed by atoms with Crippen molar-refractivity contribution in [3.63, 3.8) is 0 Å². The lowest BCUT2D eigenvalue weighted by Crippen LogP contribution is -2.24. The Morgan fingerprint density at radius 2 is 2.00 bits per heavy atom. The zero-order valence-corrected chi connectivity index (χ0v) is 13.1. The van der Waals surface area contributed by atoms with E-state index in [9.17, 15) is 4.79 Å². The molecule has 2 aromatic heterocycles. The predicted molar refractivity (Wildman–Crippen MR) is 91.3 cm³/mol. The largest absolute Gasteiger partial charge is 0.445 e. The van der Waals surface area contributed by atoms with E-state index in [1.54, 1.807) is 6.20 Å². The van der Waals surface area contributed by atoms with Crippen molar-refractivity contribution in [1.82, 2.24) is 14.7 Å². The van der Waals surface area contributed by atoms with Crippen molar-refractivity contribution < 1.29 is 9.53 Å². The number of alkyl carbamates (subject to hydrolysis) is 1. The van der Waals surface area contributed by atoms with Crippen LogP contribution in [0.1, 0.15) is 17.7 Å². The Balaban J connectivity index is 1.42. The van der Waals surface area contributed by atoms with Gasteiger partial charge in [0.2, 0.25) is 0 Å². The summed E-state index contributed by atoms with van der Waals surface area (Å²) in [6.07, 6.45) is 3.77. The SMILES string of the molecule is O=C(NCCC#Cc1cnc2ccccn12)OCc1ccccc1. The minimum Gasteiger partial charge on any atom is -0.445 e. The fourth-order valence-electron chi connectivity index (χ4n) is 2.18. The number of hydrogen-bond acceptors (Lipinski definition) is 3. The Kier molecular flexibility index (Phi) is 5.10. The summed E-state index contributed by atoms with van der Waals surface area (Å²) in [5.74, 6) is 6.09. The molecule has 0 aliphatic carbocycles. The molecule has 0 bridgehead atoms. The van der Waals surface area contributed by atoms with Crippen LogP contribution in [0, 0.1) is 11.8 Å². The van der Waals surface area contributed by atoms with Gasteiger partial charge in [-0.15, -0.1) is 0 Å². The second-order valence-corrected chi connectivity index (χ2v) is 5.11. The molecule has 0 saturated heterocycles. The third-order valence-corrected chi connectivity index (χ3v) is 3.37. The molecule has 0 aliphatic rings. The standard InChI is InChI=1S/C19H17N3O2/c23-19(24-15-16-8-2-1-3-9-16)20-12-6-4-10-17-14-21-18-11-5-7-13-22(17)18/h1-3,5,7-9,11,13-14H,6,12,15H2,(H,20,23). The fraction of sp³-hybridized carbons (Fsp3) is 0.158. The highest BCUT2D eigenvalue weighted by Gasteiger charge is 2.01. The van der Waals surface area contributed by atoms with E-state index in [1.807, 2.05) is 59.1 Å². The number of carbonyl (C=O) groups is 1. The molecule has 0 fully saturated rings. The van der Waals surface area contributed by atoms with Crippen molar-refractivity contribution in [2.75, 3.05) is 6.54 Å². The second kappa shape index (κ2) is 7.84. The van der Waals surface area contributed by atoms with Crippen molar-refractivity contribution in [2.45, 2.75) is 13.0 Å². The molecule has 0 unspecified atom stereocenters. The number of benzene rings is 1. The summed E-state index contributed by atoms with van der Waals surface area (Å²) in [7, 11) is 0. The maximum Gasteiger partial charge on any atom is 0.407 e. The van der Waals surface area contributed by atoms with Crippen LogP contribution in [0.2, 0.25) is 0 Å². The van der Waals surface area contributed by atoms with Crippen LogP contribution in [-0.4, -0.2) is 22.0 Å². The molecule has 1 amide bonds. The van der Waals surface area contributed by atoms with Crippen LogP contribution in [0.15, 0.2) is 60.9 Å². The lowest BCUT2D eigenvalue weighted by atomic mass is 10.2. The third kappa shape index (κ3) is 4.14. The highest BCUT2D eigenvalue weighted by molar-refractivity contribution is 5.67. The van der Waals surface area contributed by atoms with Gasteiger partial charge in [-0.1, -0.05) is 42.3 Å². The average molecular weight is 319 g/mol. The molecule has 3 rings (SSSR count). The number of aromatic nitrogens is 2. The quantitative estimate of drug-likeness (QED) is 0.594. The number of nitrogens with zero attached hydrogens (tertiary/aromatic N) is 2. The van der Waals surface area contributed by atoms with Gasteiger partial charge < -0.3 is 10.1 Å². The second-order valence-electron chi connectivity index (χ2n) is 5.11. The summed E-state index contributed by atoms with van der Waals surface area (Å²) in [4.78, 5) is 15.9. The van der Waals surface area contributed by atoms with Gasteiger partial charge in [-0.2, -0.15) is 0 Å². The van der Waals surface area contributed by atoms with Gasteiger partial charge in [0.05, 0.1) is 6.20 Å². The zero-order chi connectivity index (χ0) is 16.6. The Labute approximate surface area is 140 Å².